The van der Waals surface area contributed by atoms with Crippen molar-refractivity contribution in [3.63, 3.8) is 0 Å². The summed E-state index contributed by atoms with van der Waals surface area (Å²) in [6.45, 7) is 21.0. The molecular weight excluding hydrogens is 701 g/mol. The number of nitrogens with zero attached hydrogens (tertiary/aromatic N) is 4. The van der Waals surface area contributed by atoms with Crippen LogP contribution in [0.2, 0.25) is 0 Å². The Balaban J connectivity index is 0.00000237. The van der Waals surface area contributed by atoms with Crippen LogP contribution in [0.1, 0.15) is 46.0 Å². The van der Waals surface area contributed by atoms with Crippen molar-refractivity contribution in [2.45, 2.75) is 24.0 Å². The van der Waals surface area contributed by atoms with E-state index < -0.39 is 0 Å². The zero-order valence-electron chi connectivity index (χ0n) is 31.8. The molecule has 5 aromatic carbocycles. The Bertz CT molecular complexity index is 2560. The van der Waals surface area contributed by atoms with Gasteiger partial charge >= 0.3 is 0 Å². The maximum Gasteiger partial charge on any atom is 0.157 e. The molecule has 2 aliphatic rings. The summed E-state index contributed by atoms with van der Waals surface area (Å²) in [5.74, 6) is 1.42. The second-order valence-electron chi connectivity index (χ2n) is 13.4. The lowest BCUT2D eigenvalue weighted by molar-refractivity contribution is 0.976. The molecule has 0 amide bonds. The van der Waals surface area contributed by atoms with Gasteiger partial charge in [0.2, 0.25) is 0 Å². The molecule has 0 N–H and O–H groups in total. The maximum atomic E-state index is 5.21. The molecule has 0 atom stereocenters. The summed E-state index contributed by atoms with van der Waals surface area (Å²) >= 11 is 1.87. The van der Waals surface area contributed by atoms with E-state index in [4.69, 9.17) is 16.6 Å². The van der Waals surface area contributed by atoms with E-state index in [1.165, 1.54) is 38.4 Å². The average Bonchev–Trinajstić information content (AvgIpc) is 3.40. The van der Waals surface area contributed by atoms with Crippen molar-refractivity contribution in [3.8, 4) is 28.1 Å². The Morgan fingerprint density at radius 2 is 1.48 bits per heavy atom. The number of aromatic nitrogens is 1. The van der Waals surface area contributed by atoms with E-state index in [0.717, 1.165) is 62.7 Å². The summed E-state index contributed by atoms with van der Waals surface area (Å²) in [7, 11) is 0. The topological polar surface area (TPSA) is 42.0 Å². The van der Waals surface area contributed by atoms with Gasteiger partial charge in [0.1, 0.15) is 6.67 Å². The summed E-state index contributed by atoms with van der Waals surface area (Å²) < 4.78 is 2.44. The molecule has 56 heavy (non-hydrogen) atoms. The zero-order chi connectivity index (χ0) is 39.0. The second kappa shape index (κ2) is 17.3. The molecule has 0 fully saturated rings. The fraction of sp³-hybridized carbons (Fsp3) is 0.0784. The number of amidine groups is 1. The van der Waals surface area contributed by atoms with E-state index in [-0.39, 0.29) is 6.67 Å². The van der Waals surface area contributed by atoms with Crippen molar-refractivity contribution in [1.29, 1.82) is 0 Å². The van der Waals surface area contributed by atoms with E-state index in [2.05, 4.69) is 182 Å². The molecular formula is C51H44N4S. The molecule has 0 spiro atoms. The third-order valence-electron chi connectivity index (χ3n) is 9.87. The number of aliphatic imine (C=N–C) groups is 3. The van der Waals surface area contributed by atoms with Gasteiger partial charge in [-0.3, -0.25) is 4.99 Å². The van der Waals surface area contributed by atoms with Crippen molar-refractivity contribution in [1.82, 2.24) is 4.57 Å². The van der Waals surface area contributed by atoms with Gasteiger partial charge in [-0.15, -0.1) is 24.9 Å². The molecule has 0 bridgehead atoms. The summed E-state index contributed by atoms with van der Waals surface area (Å²) in [6.07, 6.45) is 9.52. The number of allylic oxidation sites excluding steroid dienone is 4. The summed E-state index contributed by atoms with van der Waals surface area (Å²) in [5, 5.41) is 0. The minimum atomic E-state index is 0.188. The molecule has 1 aromatic heterocycles. The standard InChI is InChI=1S/C49H40N4S.C2H4/c1-33(2)47(37-28-26-36(27-29-37)35-16-7-5-8-17-35)52-49(51-32-50-4)38-19-15-20-40(30-38)53-44-24-10-6-9-23-43(44)46-34(3)41-21-13-14-25-45(41)54-31-39-18-11-12-22-42(39)48(46)53;1-2/h5-23,25-30H,1,3-4,24,31-32H2,2H3;1-2H2/b51-49-,52-47?;. The highest BCUT2D eigenvalue weighted by atomic mass is 32.2. The molecule has 8 rings (SSSR count). The van der Waals surface area contributed by atoms with Crippen molar-refractivity contribution in [3.05, 3.63) is 217 Å². The highest BCUT2D eigenvalue weighted by molar-refractivity contribution is 7.98. The van der Waals surface area contributed by atoms with Gasteiger partial charge < -0.3 is 4.57 Å². The first-order chi connectivity index (χ1) is 27.5. The van der Waals surface area contributed by atoms with Gasteiger partial charge in [-0.2, -0.15) is 0 Å². The van der Waals surface area contributed by atoms with Crippen LogP contribution in [0.5, 0.6) is 0 Å². The lowest BCUT2D eigenvalue weighted by atomic mass is 9.91. The van der Waals surface area contributed by atoms with Crippen LogP contribution >= 0.6 is 11.8 Å². The summed E-state index contributed by atoms with van der Waals surface area (Å²) in [5.41, 5.74) is 16.2. The minimum Gasteiger partial charge on any atom is -0.312 e. The molecule has 0 radical (unpaired) electrons. The van der Waals surface area contributed by atoms with Crippen molar-refractivity contribution < 1.29 is 0 Å². The van der Waals surface area contributed by atoms with Gasteiger partial charge in [0, 0.05) is 56.3 Å². The fourth-order valence-corrected chi connectivity index (χ4v) is 8.42. The SMILES string of the molecule is C=C.C=NC/N=C(\N=C(C(=C)C)c1ccc(-c2ccccc2)cc1)c1cccc(-n2c3c(c4c2-c2ccccc2CSc2ccccc2C4=C)C=CC=CC3)c1. The van der Waals surface area contributed by atoms with Crippen LogP contribution in [0.25, 0.3) is 39.7 Å². The molecule has 1 aliphatic heterocycles. The number of benzene rings is 5. The third-order valence-corrected chi connectivity index (χ3v) is 11.0. The van der Waals surface area contributed by atoms with E-state index in [1.54, 1.807) is 0 Å². The van der Waals surface area contributed by atoms with E-state index in [0.29, 0.717) is 5.84 Å². The predicted molar refractivity (Wildman–Crippen MR) is 243 cm³/mol. The van der Waals surface area contributed by atoms with Crippen LogP contribution in [0.15, 0.2) is 197 Å². The van der Waals surface area contributed by atoms with E-state index >= 15 is 0 Å². The molecule has 5 heteroatoms. The Kier molecular flexibility index (Phi) is 11.6. The Morgan fingerprint density at radius 1 is 0.768 bits per heavy atom. The van der Waals surface area contributed by atoms with Crippen molar-refractivity contribution in [2.75, 3.05) is 6.67 Å². The van der Waals surface area contributed by atoms with Crippen LogP contribution in [-0.2, 0) is 12.2 Å². The lowest BCUT2D eigenvalue weighted by Crippen LogP contribution is -2.10. The van der Waals surface area contributed by atoms with Crippen LogP contribution in [0.4, 0.5) is 0 Å². The molecule has 6 aromatic rings. The number of thioether (sulfide) groups is 1. The van der Waals surface area contributed by atoms with Gasteiger partial charge in [0.15, 0.2) is 5.84 Å². The molecule has 274 valence electrons. The first-order valence-electron chi connectivity index (χ1n) is 18.6. The normalized spacial score (nSPS) is 13.3. The number of fused-ring (bicyclic) bond motifs is 6. The summed E-state index contributed by atoms with van der Waals surface area (Å²) in [4.78, 5) is 15.4. The minimum absolute atomic E-state index is 0.188. The monoisotopic (exact) mass is 744 g/mol. The molecule has 0 unspecified atom stereocenters. The van der Waals surface area contributed by atoms with Crippen LogP contribution in [0.3, 0.4) is 0 Å². The van der Waals surface area contributed by atoms with Gasteiger partial charge in [-0.25, -0.2) is 9.98 Å². The number of hydrogen-bond donors (Lipinski definition) is 0. The molecule has 4 nitrogen and oxygen atoms in total. The van der Waals surface area contributed by atoms with Gasteiger partial charge in [0.25, 0.3) is 0 Å². The Labute approximate surface area is 335 Å². The first kappa shape index (κ1) is 37.7. The molecule has 2 heterocycles. The highest BCUT2D eigenvalue weighted by Gasteiger charge is 2.29. The maximum absolute atomic E-state index is 5.21. The number of hydrogen-bond acceptors (Lipinski definition) is 3. The summed E-state index contributed by atoms with van der Waals surface area (Å²) in [6, 6.07) is 44.8. The van der Waals surface area contributed by atoms with E-state index in [9.17, 15) is 0 Å². The molecule has 0 saturated heterocycles. The van der Waals surface area contributed by atoms with Gasteiger partial charge in [0.05, 0.1) is 11.4 Å². The Morgan fingerprint density at radius 3 is 2.25 bits per heavy atom. The molecule has 1 aliphatic carbocycles. The van der Waals surface area contributed by atoms with Crippen LogP contribution in [-0.4, -0.2) is 29.5 Å². The lowest BCUT2D eigenvalue weighted by Gasteiger charge is -2.18. The smallest absolute Gasteiger partial charge is 0.157 e. The van der Waals surface area contributed by atoms with Gasteiger partial charge in [-0.1, -0.05) is 147 Å². The van der Waals surface area contributed by atoms with Crippen molar-refractivity contribution in [2.24, 2.45) is 15.0 Å². The van der Waals surface area contributed by atoms with Gasteiger partial charge in [-0.05, 0) is 65.2 Å². The molecule has 0 saturated carbocycles. The highest BCUT2D eigenvalue weighted by Crippen LogP contribution is 2.47. The predicted octanol–water partition coefficient (Wildman–Crippen LogP) is 12.9. The quantitative estimate of drug-likeness (QED) is 0.0912. The zero-order valence-corrected chi connectivity index (χ0v) is 32.6. The van der Waals surface area contributed by atoms with Crippen LogP contribution in [0, 0.1) is 0 Å². The Hall–Kier alpha value is -6.56. The fourth-order valence-electron chi connectivity index (χ4n) is 7.34. The van der Waals surface area contributed by atoms with E-state index in [1.807, 2.05) is 24.8 Å². The van der Waals surface area contributed by atoms with Crippen molar-refractivity contribution >= 4 is 41.7 Å². The average molecular weight is 745 g/mol. The number of rotatable bonds is 7. The first-order valence-corrected chi connectivity index (χ1v) is 19.6. The third kappa shape index (κ3) is 7.55. The largest absolute Gasteiger partial charge is 0.312 e. The van der Waals surface area contributed by atoms with Crippen LogP contribution < -0.4 is 0 Å². The second-order valence-corrected chi connectivity index (χ2v) is 14.4.